The van der Waals surface area contributed by atoms with E-state index < -0.39 is 0 Å². The molecule has 2 nitrogen and oxygen atoms in total. The molecule has 1 aromatic heterocycles. The summed E-state index contributed by atoms with van der Waals surface area (Å²) in [7, 11) is 0. The molecule has 2 N–H and O–H groups in total. The van der Waals surface area contributed by atoms with E-state index in [0.717, 1.165) is 13.0 Å². The van der Waals surface area contributed by atoms with Gasteiger partial charge in [-0.15, -0.1) is 11.3 Å². The number of aliphatic hydroxyl groups is 1. The second kappa shape index (κ2) is 4.44. The first-order valence-electron chi connectivity index (χ1n) is 4.73. The Morgan fingerprint density at radius 2 is 2.14 bits per heavy atom. The minimum Gasteiger partial charge on any atom is -0.396 e. The zero-order chi connectivity index (χ0) is 9.80. The van der Waals surface area contributed by atoms with E-state index in [-0.39, 0.29) is 6.61 Å². The number of aliphatic hydroxyl groups excluding tert-OH is 1. The predicted molar refractivity (Wildman–Crippen MR) is 62.0 cm³/mol. The second-order valence-electron chi connectivity index (χ2n) is 3.15. The van der Waals surface area contributed by atoms with Gasteiger partial charge >= 0.3 is 0 Å². The Labute approximate surface area is 87.2 Å². The lowest BCUT2D eigenvalue weighted by Crippen LogP contribution is -2.02. The minimum absolute atomic E-state index is 0.245. The van der Waals surface area contributed by atoms with Gasteiger partial charge in [-0.3, -0.25) is 0 Å². The van der Waals surface area contributed by atoms with Crippen LogP contribution in [0.3, 0.4) is 0 Å². The summed E-state index contributed by atoms with van der Waals surface area (Å²) in [5.74, 6) is 0. The summed E-state index contributed by atoms with van der Waals surface area (Å²) in [4.78, 5) is 0. The van der Waals surface area contributed by atoms with Gasteiger partial charge in [0.25, 0.3) is 0 Å². The van der Waals surface area contributed by atoms with Crippen molar-refractivity contribution in [2.75, 3.05) is 18.5 Å². The molecule has 0 spiro atoms. The smallest absolute Gasteiger partial charge is 0.0528 e. The summed E-state index contributed by atoms with van der Waals surface area (Å²) in [6.07, 6.45) is 0.796. The van der Waals surface area contributed by atoms with Crippen molar-refractivity contribution in [1.82, 2.24) is 0 Å². The first-order chi connectivity index (χ1) is 6.92. The Kier molecular flexibility index (Phi) is 3.01. The van der Waals surface area contributed by atoms with Crippen LogP contribution in [0.2, 0.25) is 0 Å². The molecule has 0 atom stereocenters. The van der Waals surface area contributed by atoms with E-state index in [2.05, 4.69) is 28.9 Å². The summed E-state index contributed by atoms with van der Waals surface area (Å²) in [5, 5.41) is 15.4. The third-order valence-electron chi connectivity index (χ3n) is 2.13. The molecule has 0 aliphatic heterocycles. The van der Waals surface area contributed by atoms with Crippen LogP contribution in [0.4, 0.5) is 5.69 Å². The first kappa shape index (κ1) is 9.49. The molecule has 1 aromatic carbocycles. The first-order valence-corrected chi connectivity index (χ1v) is 5.61. The van der Waals surface area contributed by atoms with Gasteiger partial charge in [0.2, 0.25) is 0 Å². The number of hydrogen-bond donors (Lipinski definition) is 2. The molecule has 3 heteroatoms. The van der Waals surface area contributed by atoms with E-state index in [1.165, 1.54) is 15.8 Å². The largest absolute Gasteiger partial charge is 0.396 e. The van der Waals surface area contributed by atoms with Gasteiger partial charge in [0.15, 0.2) is 0 Å². The Morgan fingerprint density at radius 1 is 1.29 bits per heavy atom. The average Bonchev–Trinajstić information content (AvgIpc) is 2.63. The molecule has 0 saturated carbocycles. The van der Waals surface area contributed by atoms with E-state index in [1.54, 1.807) is 11.3 Å². The van der Waals surface area contributed by atoms with Crippen LogP contribution in [0, 0.1) is 0 Å². The van der Waals surface area contributed by atoms with E-state index in [4.69, 9.17) is 5.11 Å². The lowest BCUT2D eigenvalue weighted by Gasteiger charge is -2.02. The fraction of sp³-hybridized carbons (Fsp3) is 0.273. The van der Waals surface area contributed by atoms with Crippen LogP contribution >= 0.6 is 11.3 Å². The molecule has 0 unspecified atom stereocenters. The van der Waals surface area contributed by atoms with Crippen LogP contribution in [0.15, 0.2) is 29.6 Å². The summed E-state index contributed by atoms with van der Waals surface area (Å²) < 4.78 is 1.30. The number of hydrogen-bond acceptors (Lipinski definition) is 3. The quantitative estimate of drug-likeness (QED) is 0.755. The SMILES string of the molecule is OCCCNc1csc2ccccc12. The molecule has 0 aliphatic rings. The van der Waals surface area contributed by atoms with Gasteiger partial charge < -0.3 is 10.4 Å². The van der Waals surface area contributed by atoms with Crippen LogP contribution in [0.5, 0.6) is 0 Å². The molecular weight excluding hydrogens is 194 g/mol. The molecule has 14 heavy (non-hydrogen) atoms. The average molecular weight is 207 g/mol. The van der Waals surface area contributed by atoms with Crippen LogP contribution in [-0.2, 0) is 0 Å². The zero-order valence-electron chi connectivity index (χ0n) is 7.86. The normalized spacial score (nSPS) is 10.6. The molecule has 2 rings (SSSR count). The number of fused-ring (bicyclic) bond motifs is 1. The van der Waals surface area contributed by atoms with Crippen LogP contribution < -0.4 is 5.32 Å². The molecule has 0 saturated heterocycles. The van der Waals surface area contributed by atoms with Gasteiger partial charge in [-0.25, -0.2) is 0 Å². The van der Waals surface area contributed by atoms with Crippen molar-refractivity contribution in [2.24, 2.45) is 0 Å². The highest BCUT2D eigenvalue weighted by Gasteiger charge is 2.01. The highest BCUT2D eigenvalue weighted by Crippen LogP contribution is 2.29. The molecule has 2 aromatic rings. The Balaban J connectivity index is 2.17. The lowest BCUT2D eigenvalue weighted by molar-refractivity contribution is 0.292. The fourth-order valence-electron chi connectivity index (χ4n) is 1.42. The lowest BCUT2D eigenvalue weighted by atomic mass is 10.2. The van der Waals surface area contributed by atoms with Crippen LogP contribution in [-0.4, -0.2) is 18.3 Å². The maximum Gasteiger partial charge on any atom is 0.0528 e. The summed E-state index contributed by atoms with van der Waals surface area (Å²) in [6.45, 7) is 1.08. The number of rotatable bonds is 4. The van der Waals surface area contributed by atoms with Crippen LogP contribution in [0.1, 0.15) is 6.42 Å². The summed E-state index contributed by atoms with van der Waals surface area (Å²) in [6, 6.07) is 8.34. The number of nitrogens with one attached hydrogen (secondary N) is 1. The van der Waals surface area contributed by atoms with Crippen LogP contribution in [0.25, 0.3) is 10.1 Å². The molecular formula is C11H13NOS. The van der Waals surface area contributed by atoms with E-state index in [1.807, 2.05) is 6.07 Å². The number of benzene rings is 1. The highest BCUT2D eigenvalue weighted by atomic mass is 32.1. The zero-order valence-corrected chi connectivity index (χ0v) is 8.68. The van der Waals surface area contributed by atoms with Crippen molar-refractivity contribution in [1.29, 1.82) is 0 Å². The number of anilines is 1. The van der Waals surface area contributed by atoms with E-state index in [9.17, 15) is 0 Å². The molecule has 0 fully saturated rings. The van der Waals surface area contributed by atoms with Crippen molar-refractivity contribution in [3.63, 3.8) is 0 Å². The Morgan fingerprint density at radius 3 is 3.00 bits per heavy atom. The van der Waals surface area contributed by atoms with Gasteiger partial charge in [-0.2, -0.15) is 0 Å². The van der Waals surface area contributed by atoms with Crippen molar-refractivity contribution < 1.29 is 5.11 Å². The topological polar surface area (TPSA) is 32.3 Å². The standard InChI is InChI=1S/C11H13NOS/c13-7-3-6-12-10-8-14-11-5-2-1-4-9(10)11/h1-2,4-5,8,12-13H,3,6-7H2. The highest BCUT2D eigenvalue weighted by molar-refractivity contribution is 7.17. The van der Waals surface area contributed by atoms with Crippen molar-refractivity contribution in [3.05, 3.63) is 29.6 Å². The van der Waals surface area contributed by atoms with Gasteiger partial charge in [0.1, 0.15) is 0 Å². The minimum atomic E-state index is 0.245. The molecule has 0 amide bonds. The molecule has 0 radical (unpaired) electrons. The molecule has 0 aliphatic carbocycles. The van der Waals surface area contributed by atoms with Gasteiger partial charge in [0, 0.05) is 28.6 Å². The summed E-state index contributed by atoms with van der Waals surface area (Å²) in [5.41, 5.74) is 1.18. The van der Waals surface area contributed by atoms with Gasteiger partial charge in [0.05, 0.1) is 5.69 Å². The maximum absolute atomic E-state index is 8.67. The monoisotopic (exact) mass is 207 g/mol. The Bertz CT molecular complexity index is 410. The second-order valence-corrected chi connectivity index (χ2v) is 4.06. The van der Waals surface area contributed by atoms with Crippen molar-refractivity contribution in [2.45, 2.75) is 6.42 Å². The summed E-state index contributed by atoms with van der Waals surface area (Å²) >= 11 is 1.75. The van der Waals surface area contributed by atoms with E-state index in [0.29, 0.717) is 0 Å². The van der Waals surface area contributed by atoms with Crippen molar-refractivity contribution >= 4 is 27.1 Å². The maximum atomic E-state index is 8.67. The molecule has 74 valence electrons. The fourth-order valence-corrected chi connectivity index (χ4v) is 2.33. The third-order valence-corrected chi connectivity index (χ3v) is 3.09. The molecule has 0 bridgehead atoms. The third kappa shape index (κ3) is 1.89. The van der Waals surface area contributed by atoms with E-state index >= 15 is 0 Å². The van der Waals surface area contributed by atoms with Gasteiger partial charge in [-0.1, -0.05) is 18.2 Å². The number of thiophene rings is 1. The van der Waals surface area contributed by atoms with Gasteiger partial charge in [-0.05, 0) is 12.5 Å². The Hall–Kier alpha value is -1.06. The predicted octanol–water partition coefficient (Wildman–Crippen LogP) is 2.70. The van der Waals surface area contributed by atoms with Crippen molar-refractivity contribution in [3.8, 4) is 0 Å². The molecule has 1 heterocycles.